The second-order valence-electron chi connectivity index (χ2n) is 9.87. The van der Waals surface area contributed by atoms with E-state index < -0.39 is 6.04 Å². The summed E-state index contributed by atoms with van der Waals surface area (Å²) in [7, 11) is 0. The van der Waals surface area contributed by atoms with Gasteiger partial charge in [-0.3, -0.25) is 9.59 Å². The van der Waals surface area contributed by atoms with Gasteiger partial charge in [0.2, 0.25) is 0 Å². The quantitative estimate of drug-likeness (QED) is 0.297. The number of carbonyl (C=O) groups excluding carboxylic acids is 2. The molecule has 38 heavy (non-hydrogen) atoms. The molecule has 3 N–H and O–H groups in total. The molecule has 7 nitrogen and oxygen atoms in total. The van der Waals surface area contributed by atoms with Crippen LogP contribution >= 0.6 is 0 Å². The molecule has 0 radical (unpaired) electrons. The Morgan fingerprint density at radius 3 is 2.24 bits per heavy atom. The van der Waals surface area contributed by atoms with E-state index in [0.29, 0.717) is 28.3 Å². The third-order valence-electron chi connectivity index (χ3n) is 6.94. The molecule has 2 amide bonds. The summed E-state index contributed by atoms with van der Waals surface area (Å²) in [5.74, 6) is 0.0487. The van der Waals surface area contributed by atoms with Gasteiger partial charge in [0.15, 0.2) is 0 Å². The molecule has 5 rings (SSSR count). The number of nitrogens with zero attached hydrogens (tertiary/aromatic N) is 2. The van der Waals surface area contributed by atoms with Gasteiger partial charge in [0.05, 0.1) is 11.8 Å². The van der Waals surface area contributed by atoms with Crippen LogP contribution in [0.5, 0.6) is 0 Å². The van der Waals surface area contributed by atoms with Crippen LogP contribution in [-0.4, -0.2) is 21.6 Å². The smallest absolute Gasteiger partial charge is 0.261 e. The lowest BCUT2D eigenvalue weighted by Gasteiger charge is -2.31. The molecule has 4 aromatic rings. The second kappa shape index (κ2) is 10.0. The zero-order valence-electron chi connectivity index (χ0n) is 22.2. The Hall–Kier alpha value is -4.65. The molecule has 1 aromatic heterocycles. The fraction of sp³-hybridized carbons (Fsp3) is 0.194. The van der Waals surface area contributed by atoms with Gasteiger partial charge in [-0.05, 0) is 69.5 Å². The molecule has 1 atom stereocenters. The SMILES string of the molecule is CC1=C(C(=O)Nc2ccc(C)cc2C)[C@H](c2ccccc2C)n2ncc(C(=O)Nc3ccc(C)cc3)c2N1. The van der Waals surface area contributed by atoms with Crippen molar-refractivity contribution in [1.82, 2.24) is 9.78 Å². The number of amides is 2. The van der Waals surface area contributed by atoms with Gasteiger partial charge in [-0.15, -0.1) is 0 Å². The maximum atomic E-state index is 13.8. The van der Waals surface area contributed by atoms with Gasteiger partial charge in [0.1, 0.15) is 17.4 Å². The highest BCUT2D eigenvalue weighted by Gasteiger charge is 2.36. The molecule has 0 fully saturated rings. The second-order valence-corrected chi connectivity index (χ2v) is 9.87. The van der Waals surface area contributed by atoms with Crippen molar-refractivity contribution in [3.8, 4) is 0 Å². The fourth-order valence-electron chi connectivity index (χ4n) is 4.88. The molecule has 0 saturated heterocycles. The first-order chi connectivity index (χ1) is 18.2. The molecule has 0 aliphatic carbocycles. The van der Waals surface area contributed by atoms with Crippen molar-refractivity contribution in [2.75, 3.05) is 16.0 Å². The van der Waals surface area contributed by atoms with Gasteiger partial charge in [-0.25, -0.2) is 4.68 Å². The number of benzene rings is 3. The largest absolute Gasteiger partial charge is 0.343 e. The molecular weight excluding hydrogens is 474 g/mol. The molecule has 3 aromatic carbocycles. The third kappa shape index (κ3) is 4.70. The molecule has 0 saturated carbocycles. The Morgan fingerprint density at radius 2 is 1.53 bits per heavy atom. The Kier molecular flexibility index (Phi) is 6.59. The van der Waals surface area contributed by atoms with Crippen molar-refractivity contribution in [2.24, 2.45) is 0 Å². The van der Waals surface area contributed by atoms with Crippen molar-refractivity contribution in [3.63, 3.8) is 0 Å². The van der Waals surface area contributed by atoms with E-state index in [1.165, 1.54) is 0 Å². The normalized spacial score (nSPS) is 14.5. The zero-order valence-corrected chi connectivity index (χ0v) is 22.2. The number of anilines is 3. The molecule has 0 spiro atoms. The molecule has 0 bridgehead atoms. The van der Waals surface area contributed by atoms with Gasteiger partial charge in [-0.1, -0.05) is 59.7 Å². The summed E-state index contributed by atoms with van der Waals surface area (Å²) >= 11 is 0. The van der Waals surface area contributed by atoms with E-state index in [1.54, 1.807) is 10.9 Å². The summed E-state index contributed by atoms with van der Waals surface area (Å²) in [5.41, 5.74) is 8.26. The average Bonchev–Trinajstić information content (AvgIpc) is 3.30. The van der Waals surface area contributed by atoms with Crippen molar-refractivity contribution >= 4 is 29.0 Å². The van der Waals surface area contributed by atoms with Crippen molar-refractivity contribution < 1.29 is 9.59 Å². The maximum Gasteiger partial charge on any atom is 0.261 e. The van der Waals surface area contributed by atoms with E-state index in [9.17, 15) is 9.59 Å². The lowest BCUT2D eigenvalue weighted by atomic mass is 9.91. The lowest BCUT2D eigenvalue weighted by molar-refractivity contribution is -0.113. The number of carbonyl (C=O) groups is 2. The molecule has 1 aliphatic rings. The van der Waals surface area contributed by atoms with Crippen LogP contribution in [0.4, 0.5) is 17.2 Å². The van der Waals surface area contributed by atoms with Crippen LogP contribution < -0.4 is 16.0 Å². The minimum absolute atomic E-state index is 0.220. The highest BCUT2D eigenvalue weighted by Crippen LogP contribution is 2.39. The first-order valence-corrected chi connectivity index (χ1v) is 12.6. The minimum atomic E-state index is -0.515. The van der Waals surface area contributed by atoms with Gasteiger partial charge in [-0.2, -0.15) is 5.10 Å². The summed E-state index contributed by atoms with van der Waals surface area (Å²) in [6.07, 6.45) is 1.55. The minimum Gasteiger partial charge on any atom is -0.343 e. The predicted molar refractivity (Wildman–Crippen MR) is 152 cm³/mol. The number of fused-ring (bicyclic) bond motifs is 1. The summed E-state index contributed by atoms with van der Waals surface area (Å²) in [5, 5.41) is 14.0. The van der Waals surface area contributed by atoms with E-state index in [0.717, 1.165) is 33.5 Å². The molecule has 192 valence electrons. The number of hydrogen-bond acceptors (Lipinski definition) is 4. The number of rotatable bonds is 5. The average molecular weight is 506 g/mol. The first kappa shape index (κ1) is 25.0. The zero-order chi connectivity index (χ0) is 27.0. The van der Waals surface area contributed by atoms with Crippen LogP contribution in [0.15, 0.2) is 84.2 Å². The number of nitrogens with one attached hydrogen (secondary N) is 3. The highest BCUT2D eigenvalue weighted by molar-refractivity contribution is 6.09. The van der Waals surface area contributed by atoms with Crippen molar-refractivity contribution in [1.29, 1.82) is 0 Å². The van der Waals surface area contributed by atoms with Crippen LogP contribution in [0, 0.1) is 27.7 Å². The summed E-state index contributed by atoms with van der Waals surface area (Å²) in [6, 6.07) is 21.0. The number of hydrogen-bond donors (Lipinski definition) is 3. The molecule has 7 heteroatoms. The molecular formula is C31H31N5O2. The summed E-state index contributed by atoms with van der Waals surface area (Å²) in [4.78, 5) is 27.1. The third-order valence-corrected chi connectivity index (χ3v) is 6.94. The van der Waals surface area contributed by atoms with Gasteiger partial charge >= 0.3 is 0 Å². The Morgan fingerprint density at radius 1 is 0.816 bits per heavy atom. The maximum absolute atomic E-state index is 13.8. The Bertz CT molecular complexity index is 1580. The van der Waals surface area contributed by atoms with Crippen LogP contribution in [0.1, 0.15) is 51.1 Å². The number of allylic oxidation sites excluding steroid dienone is 1. The molecule has 0 unspecified atom stereocenters. The van der Waals surface area contributed by atoms with Gasteiger partial charge in [0.25, 0.3) is 11.8 Å². The van der Waals surface area contributed by atoms with E-state index in [4.69, 9.17) is 0 Å². The monoisotopic (exact) mass is 505 g/mol. The number of aryl methyl sites for hydroxylation is 4. The van der Waals surface area contributed by atoms with E-state index >= 15 is 0 Å². The Balaban J connectivity index is 1.55. The number of aromatic nitrogens is 2. The first-order valence-electron chi connectivity index (χ1n) is 12.6. The van der Waals surface area contributed by atoms with E-state index in [1.807, 2.05) is 101 Å². The highest BCUT2D eigenvalue weighted by atomic mass is 16.2. The Labute approximate surface area is 222 Å². The van der Waals surface area contributed by atoms with Crippen LogP contribution in [-0.2, 0) is 4.79 Å². The lowest BCUT2D eigenvalue weighted by Crippen LogP contribution is -2.32. The standard InChI is InChI=1S/C31H31N5O2/c1-18-10-13-23(14-11-18)34-30(37)25-17-32-36-28(24-9-7-6-8-20(24)3)27(22(5)33-29(25)36)31(38)35-26-15-12-19(2)16-21(26)4/h6-17,28,33H,1-5H3,(H,34,37)(H,35,38)/t28-/m0/s1. The topological polar surface area (TPSA) is 88.0 Å². The van der Waals surface area contributed by atoms with E-state index in [-0.39, 0.29) is 11.8 Å². The molecule has 1 aliphatic heterocycles. The predicted octanol–water partition coefficient (Wildman–Crippen LogP) is 6.30. The molecule has 2 heterocycles. The van der Waals surface area contributed by atoms with Crippen LogP contribution in [0.2, 0.25) is 0 Å². The fourth-order valence-corrected chi connectivity index (χ4v) is 4.88. The van der Waals surface area contributed by atoms with Gasteiger partial charge in [0, 0.05) is 17.1 Å². The van der Waals surface area contributed by atoms with E-state index in [2.05, 4.69) is 21.0 Å². The summed E-state index contributed by atoms with van der Waals surface area (Å²) < 4.78 is 1.73. The van der Waals surface area contributed by atoms with Gasteiger partial charge < -0.3 is 16.0 Å². The summed E-state index contributed by atoms with van der Waals surface area (Å²) in [6.45, 7) is 9.88. The van der Waals surface area contributed by atoms with Crippen molar-refractivity contribution in [3.05, 3.63) is 118 Å². The van der Waals surface area contributed by atoms with Crippen LogP contribution in [0.3, 0.4) is 0 Å². The van der Waals surface area contributed by atoms with Crippen molar-refractivity contribution in [2.45, 2.75) is 40.7 Å². The van der Waals surface area contributed by atoms with Crippen LogP contribution in [0.25, 0.3) is 0 Å².